The molecule has 156 valence electrons. The number of fused-ring (bicyclic) bond motifs is 1. The first-order valence-corrected chi connectivity index (χ1v) is 10.5. The van der Waals surface area contributed by atoms with Gasteiger partial charge in [-0.3, -0.25) is 4.79 Å². The molecule has 2 aliphatic heterocycles. The first-order chi connectivity index (χ1) is 14.7. The van der Waals surface area contributed by atoms with Crippen LogP contribution in [0.1, 0.15) is 13.3 Å². The zero-order valence-corrected chi connectivity index (χ0v) is 17.0. The van der Waals surface area contributed by atoms with E-state index in [9.17, 15) is 4.79 Å². The van der Waals surface area contributed by atoms with Crippen molar-refractivity contribution in [2.24, 2.45) is 5.92 Å². The number of aromatic amines is 1. The maximum atomic E-state index is 11.6. The molecule has 5 rings (SSSR count). The lowest BCUT2D eigenvalue weighted by Crippen LogP contribution is -2.43. The number of nitrogens with zero attached hydrogens (tertiary/aromatic N) is 3. The van der Waals surface area contributed by atoms with Crippen LogP contribution in [-0.2, 0) is 4.79 Å². The van der Waals surface area contributed by atoms with Crippen molar-refractivity contribution in [3.8, 4) is 17.1 Å². The van der Waals surface area contributed by atoms with Gasteiger partial charge < -0.3 is 25.3 Å². The second kappa shape index (κ2) is 7.95. The van der Waals surface area contributed by atoms with Gasteiger partial charge in [0.1, 0.15) is 11.6 Å². The monoisotopic (exact) mass is 406 g/mol. The Hall–Kier alpha value is -3.13. The number of benzene rings is 1. The number of hydrogen-bond acceptors (Lipinski definition) is 6. The van der Waals surface area contributed by atoms with E-state index < -0.39 is 0 Å². The highest BCUT2D eigenvalue weighted by Gasteiger charge is 2.29. The quantitative estimate of drug-likeness (QED) is 0.599. The Labute approximate surface area is 175 Å². The van der Waals surface area contributed by atoms with Crippen LogP contribution in [0.5, 0.6) is 5.88 Å². The lowest BCUT2D eigenvalue weighted by molar-refractivity contribution is -0.119. The molecule has 0 spiro atoms. The molecule has 1 aromatic carbocycles. The molecule has 1 amide bonds. The van der Waals surface area contributed by atoms with Gasteiger partial charge in [-0.05, 0) is 25.1 Å². The third-order valence-corrected chi connectivity index (χ3v) is 5.99. The molecule has 3 N–H and O–H groups in total. The summed E-state index contributed by atoms with van der Waals surface area (Å²) < 4.78 is 6.21. The van der Waals surface area contributed by atoms with Crippen molar-refractivity contribution >= 4 is 22.6 Å². The summed E-state index contributed by atoms with van der Waals surface area (Å²) in [6, 6.07) is 10.5. The van der Waals surface area contributed by atoms with Crippen LogP contribution >= 0.6 is 0 Å². The number of nitrogens with one attached hydrogen (secondary N) is 3. The fourth-order valence-electron chi connectivity index (χ4n) is 4.14. The van der Waals surface area contributed by atoms with Gasteiger partial charge in [0.15, 0.2) is 0 Å². The Balaban J connectivity index is 1.41. The molecule has 0 saturated carbocycles. The van der Waals surface area contributed by atoms with Gasteiger partial charge in [0, 0.05) is 56.3 Å². The van der Waals surface area contributed by atoms with Gasteiger partial charge in [0.25, 0.3) is 0 Å². The van der Waals surface area contributed by atoms with E-state index in [1.54, 1.807) is 6.33 Å². The van der Waals surface area contributed by atoms with Gasteiger partial charge in [-0.25, -0.2) is 9.97 Å². The molecule has 0 aliphatic carbocycles. The van der Waals surface area contributed by atoms with Crippen LogP contribution in [0.3, 0.4) is 0 Å². The van der Waals surface area contributed by atoms with Crippen molar-refractivity contribution in [1.82, 2.24) is 25.6 Å². The SMILES string of the molecule is C[C@@H](Oc1nc(-c2ccc(N3CCNCC3)cc2)cc2nc[nH]c12)[C@H]1CNC(=O)C1. The number of piperazine rings is 1. The van der Waals surface area contributed by atoms with E-state index in [4.69, 9.17) is 9.72 Å². The maximum Gasteiger partial charge on any atom is 0.240 e. The Bertz CT molecular complexity index is 1040. The Kier molecular flexibility index (Phi) is 5.00. The number of imidazole rings is 1. The molecule has 30 heavy (non-hydrogen) atoms. The first-order valence-electron chi connectivity index (χ1n) is 10.5. The molecule has 2 fully saturated rings. The topological polar surface area (TPSA) is 95.2 Å². The lowest BCUT2D eigenvalue weighted by Gasteiger charge is -2.29. The van der Waals surface area contributed by atoms with Gasteiger partial charge in [0.05, 0.1) is 17.5 Å². The van der Waals surface area contributed by atoms with Gasteiger partial charge in [0.2, 0.25) is 11.8 Å². The normalized spacial score (nSPS) is 20.4. The zero-order valence-electron chi connectivity index (χ0n) is 17.0. The summed E-state index contributed by atoms with van der Waals surface area (Å²) in [5.41, 5.74) is 4.66. The predicted molar refractivity (Wildman–Crippen MR) is 116 cm³/mol. The maximum absolute atomic E-state index is 11.6. The van der Waals surface area contributed by atoms with Crippen LogP contribution in [0.15, 0.2) is 36.7 Å². The number of pyridine rings is 1. The minimum Gasteiger partial charge on any atom is -0.473 e. The molecular formula is C22H26N6O2. The molecule has 2 atom stereocenters. The molecular weight excluding hydrogens is 380 g/mol. The van der Waals surface area contributed by atoms with Crippen molar-refractivity contribution in [2.45, 2.75) is 19.4 Å². The highest BCUT2D eigenvalue weighted by atomic mass is 16.5. The van der Waals surface area contributed by atoms with Crippen LogP contribution in [0.4, 0.5) is 5.69 Å². The summed E-state index contributed by atoms with van der Waals surface area (Å²) in [7, 11) is 0. The van der Waals surface area contributed by atoms with Crippen LogP contribution in [-0.4, -0.2) is 59.7 Å². The minimum absolute atomic E-state index is 0.0772. The number of carbonyl (C=O) groups excluding carboxylic acids is 1. The Morgan fingerprint density at radius 3 is 2.73 bits per heavy atom. The second-order valence-corrected chi connectivity index (χ2v) is 7.98. The average molecular weight is 406 g/mol. The predicted octanol–water partition coefficient (Wildman–Crippen LogP) is 1.94. The van der Waals surface area contributed by atoms with Gasteiger partial charge in [-0.2, -0.15) is 0 Å². The zero-order chi connectivity index (χ0) is 20.5. The minimum atomic E-state index is -0.131. The van der Waals surface area contributed by atoms with Crippen molar-refractivity contribution < 1.29 is 9.53 Å². The number of amides is 1. The number of anilines is 1. The third kappa shape index (κ3) is 3.70. The van der Waals surface area contributed by atoms with Crippen LogP contribution < -0.4 is 20.3 Å². The highest BCUT2D eigenvalue weighted by molar-refractivity contribution is 5.84. The second-order valence-electron chi connectivity index (χ2n) is 7.98. The van der Waals surface area contributed by atoms with Gasteiger partial charge in [-0.15, -0.1) is 0 Å². The number of ether oxygens (including phenoxy) is 1. The van der Waals surface area contributed by atoms with E-state index in [1.807, 2.05) is 13.0 Å². The van der Waals surface area contributed by atoms with Gasteiger partial charge >= 0.3 is 0 Å². The van der Waals surface area contributed by atoms with Crippen LogP contribution in [0.2, 0.25) is 0 Å². The smallest absolute Gasteiger partial charge is 0.240 e. The fourth-order valence-corrected chi connectivity index (χ4v) is 4.14. The molecule has 0 radical (unpaired) electrons. The molecule has 8 heteroatoms. The first kappa shape index (κ1) is 18.9. The number of rotatable bonds is 5. The van der Waals surface area contributed by atoms with Crippen molar-refractivity contribution in [3.05, 3.63) is 36.7 Å². The summed E-state index contributed by atoms with van der Waals surface area (Å²) in [4.78, 5) is 26.3. The van der Waals surface area contributed by atoms with E-state index in [0.717, 1.165) is 48.5 Å². The molecule has 4 heterocycles. The summed E-state index contributed by atoms with van der Waals surface area (Å²) >= 11 is 0. The summed E-state index contributed by atoms with van der Waals surface area (Å²) in [6.07, 6.45) is 2.01. The largest absolute Gasteiger partial charge is 0.473 e. The average Bonchev–Trinajstić information content (AvgIpc) is 3.43. The van der Waals surface area contributed by atoms with E-state index in [0.29, 0.717) is 18.8 Å². The van der Waals surface area contributed by atoms with Gasteiger partial charge in [-0.1, -0.05) is 12.1 Å². The molecule has 2 aromatic heterocycles. The van der Waals surface area contributed by atoms with E-state index in [1.165, 1.54) is 5.69 Å². The van der Waals surface area contributed by atoms with Crippen molar-refractivity contribution in [3.63, 3.8) is 0 Å². The summed E-state index contributed by atoms with van der Waals surface area (Å²) in [6.45, 7) is 6.69. The molecule has 8 nitrogen and oxygen atoms in total. The molecule has 2 aliphatic rings. The van der Waals surface area contributed by atoms with Crippen molar-refractivity contribution in [1.29, 1.82) is 0 Å². The third-order valence-electron chi connectivity index (χ3n) is 5.99. The van der Waals surface area contributed by atoms with Crippen LogP contribution in [0.25, 0.3) is 22.3 Å². The molecule has 0 bridgehead atoms. The highest BCUT2D eigenvalue weighted by Crippen LogP contribution is 2.30. The Morgan fingerprint density at radius 1 is 1.20 bits per heavy atom. The summed E-state index contributed by atoms with van der Waals surface area (Å²) in [5, 5.41) is 6.25. The molecule has 0 unspecified atom stereocenters. The number of hydrogen-bond donors (Lipinski definition) is 3. The van der Waals surface area contributed by atoms with E-state index >= 15 is 0 Å². The number of H-pyrrole nitrogens is 1. The van der Waals surface area contributed by atoms with Crippen LogP contribution in [0, 0.1) is 5.92 Å². The number of carbonyl (C=O) groups is 1. The Morgan fingerprint density at radius 2 is 2.00 bits per heavy atom. The van der Waals surface area contributed by atoms with E-state index in [2.05, 4.69) is 49.8 Å². The molecule has 3 aromatic rings. The number of aromatic nitrogens is 3. The fraction of sp³-hybridized carbons (Fsp3) is 0.409. The lowest BCUT2D eigenvalue weighted by atomic mass is 10.0. The van der Waals surface area contributed by atoms with Crippen molar-refractivity contribution in [2.75, 3.05) is 37.6 Å². The summed E-state index contributed by atoms with van der Waals surface area (Å²) in [5.74, 6) is 0.741. The molecule has 2 saturated heterocycles. The van der Waals surface area contributed by atoms with E-state index in [-0.39, 0.29) is 17.9 Å². The standard InChI is InChI=1S/C22H26N6O2/c1-14(16-10-20(29)24-12-16)30-22-21-19(25-13-26-21)11-18(27-22)15-2-4-17(5-3-15)28-8-6-23-7-9-28/h2-5,11,13-14,16,23H,6-10,12H2,1H3,(H,24,29)(H,25,26)/t14-,16-/m1/s1.